The van der Waals surface area contributed by atoms with Crippen LogP contribution in [-0.2, 0) is 4.79 Å². The third kappa shape index (κ3) is 1.76. The van der Waals surface area contributed by atoms with Gasteiger partial charge in [-0.15, -0.1) is 0 Å². The number of hydrogen-bond acceptors (Lipinski definition) is 3. The van der Waals surface area contributed by atoms with Crippen molar-refractivity contribution in [1.29, 1.82) is 0 Å². The third-order valence-corrected chi connectivity index (χ3v) is 2.29. The number of anilines is 1. The van der Waals surface area contributed by atoms with E-state index < -0.39 is 0 Å². The van der Waals surface area contributed by atoms with Gasteiger partial charge < -0.3 is 19.7 Å². The molecular weight excluding hydrogens is 194 g/mol. The van der Waals surface area contributed by atoms with Crippen LogP contribution in [0.3, 0.4) is 0 Å². The molecule has 0 amide bonds. The summed E-state index contributed by atoms with van der Waals surface area (Å²) in [6.07, 6.45) is 0.837. The molecule has 2 aromatic rings. The molecule has 15 heavy (non-hydrogen) atoms. The van der Waals surface area contributed by atoms with Crippen molar-refractivity contribution in [3.05, 3.63) is 28.7 Å². The summed E-state index contributed by atoms with van der Waals surface area (Å²) < 4.78 is 0. The molecule has 0 spiro atoms. The van der Waals surface area contributed by atoms with E-state index in [-0.39, 0.29) is 5.69 Å². The molecule has 2 rings (SSSR count). The fourth-order valence-corrected chi connectivity index (χ4v) is 1.48. The Balaban J connectivity index is 2.45. The Morgan fingerprint density at radius 1 is 1.33 bits per heavy atom. The molecule has 1 heterocycles. The highest BCUT2D eigenvalue weighted by atomic mass is 16.1. The highest BCUT2D eigenvalue weighted by Gasteiger charge is 2.03. The molecule has 0 radical (unpaired) electrons. The van der Waals surface area contributed by atoms with Gasteiger partial charge in [-0.25, -0.2) is 4.79 Å². The molecule has 0 bridgehead atoms. The van der Waals surface area contributed by atoms with Crippen LogP contribution in [0.25, 0.3) is 11.0 Å². The molecule has 78 valence electrons. The van der Waals surface area contributed by atoms with E-state index in [0.717, 1.165) is 23.0 Å². The molecule has 0 aliphatic rings. The average Bonchev–Trinajstić information content (AvgIpc) is 2.57. The summed E-state index contributed by atoms with van der Waals surface area (Å²) in [7, 11) is 1.82. The number of nitrogens with one attached hydrogen (secondary N) is 2. The summed E-state index contributed by atoms with van der Waals surface area (Å²) >= 11 is 0. The molecule has 0 unspecified atom stereocenters. The zero-order valence-electron chi connectivity index (χ0n) is 8.28. The van der Waals surface area contributed by atoms with E-state index in [1.165, 1.54) is 0 Å². The Kier molecular flexibility index (Phi) is 2.29. The zero-order valence-corrected chi connectivity index (χ0v) is 8.28. The van der Waals surface area contributed by atoms with Crippen molar-refractivity contribution in [2.45, 2.75) is 0 Å². The second kappa shape index (κ2) is 3.61. The maximum Gasteiger partial charge on any atom is 0.323 e. The van der Waals surface area contributed by atoms with Crippen LogP contribution in [0, 0.1) is 0 Å². The van der Waals surface area contributed by atoms with Gasteiger partial charge in [-0.2, -0.15) is 0 Å². The largest absolute Gasteiger partial charge is 0.368 e. The second-order valence-corrected chi connectivity index (χ2v) is 3.36. The Morgan fingerprint density at radius 3 is 2.80 bits per heavy atom. The predicted molar refractivity (Wildman–Crippen MR) is 58.3 cm³/mol. The highest BCUT2D eigenvalue weighted by molar-refractivity contribution is 5.79. The molecule has 2 N–H and O–H groups in total. The minimum atomic E-state index is -0.222. The molecule has 5 heteroatoms. The van der Waals surface area contributed by atoms with Gasteiger partial charge in [-0.1, -0.05) is 0 Å². The molecule has 0 fully saturated rings. The fraction of sp³-hybridized carbons (Fsp3) is 0.200. The van der Waals surface area contributed by atoms with Crippen molar-refractivity contribution in [2.24, 2.45) is 0 Å². The van der Waals surface area contributed by atoms with Crippen LogP contribution in [0.4, 0.5) is 5.69 Å². The van der Waals surface area contributed by atoms with Crippen LogP contribution in [0.1, 0.15) is 0 Å². The van der Waals surface area contributed by atoms with Gasteiger partial charge >= 0.3 is 5.69 Å². The van der Waals surface area contributed by atoms with Crippen LogP contribution >= 0.6 is 0 Å². The first-order valence-corrected chi connectivity index (χ1v) is 4.57. The summed E-state index contributed by atoms with van der Waals surface area (Å²) in [5, 5.41) is 0. The van der Waals surface area contributed by atoms with Gasteiger partial charge in [0.2, 0.25) is 0 Å². The third-order valence-electron chi connectivity index (χ3n) is 2.29. The van der Waals surface area contributed by atoms with E-state index in [1.54, 1.807) is 4.90 Å². The van der Waals surface area contributed by atoms with Gasteiger partial charge in [0.25, 0.3) is 0 Å². The summed E-state index contributed by atoms with van der Waals surface area (Å²) in [6, 6.07) is 5.50. The van der Waals surface area contributed by atoms with Crippen molar-refractivity contribution in [2.75, 3.05) is 18.5 Å². The lowest BCUT2D eigenvalue weighted by molar-refractivity contribution is -0.106. The quantitative estimate of drug-likeness (QED) is 0.716. The topological polar surface area (TPSA) is 69.0 Å². The second-order valence-electron chi connectivity index (χ2n) is 3.36. The molecule has 0 saturated heterocycles. The van der Waals surface area contributed by atoms with E-state index >= 15 is 0 Å². The van der Waals surface area contributed by atoms with Gasteiger partial charge in [-0.3, -0.25) is 0 Å². The maximum atomic E-state index is 11.0. The van der Waals surface area contributed by atoms with Gasteiger partial charge in [0.15, 0.2) is 0 Å². The van der Waals surface area contributed by atoms with Gasteiger partial charge in [0.05, 0.1) is 17.6 Å². The Morgan fingerprint density at radius 2 is 2.07 bits per heavy atom. The Labute approximate surface area is 85.7 Å². The molecular formula is C10H11N3O2. The lowest BCUT2D eigenvalue weighted by atomic mass is 10.2. The monoisotopic (exact) mass is 205 g/mol. The van der Waals surface area contributed by atoms with Gasteiger partial charge in [-0.05, 0) is 18.2 Å². The van der Waals surface area contributed by atoms with Crippen LogP contribution in [0.5, 0.6) is 0 Å². The predicted octanol–water partition coefficient (Wildman–Crippen LogP) is 0.491. The number of rotatable bonds is 3. The van der Waals surface area contributed by atoms with Crippen molar-refractivity contribution in [3.63, 3.8) is 0 Å². The number of carbonyl (C=O) groups is 1. The van der Waals surface area contributed by atoms with Crippen molar-refractivity contribution >= 4 is 23.0 Å². The van der Waals surface area contributed by atoms with E-state index in [9.17, 15) is 9.59 Å². The van der Waals surface area contributed by atoms with Crippen LogP contribution < -0.4 is 10.6 Å². The number of nitrogens with zero attached hydrogens (tertiary/aromatic N) is 1. The standard InChI is InChI=1S/C10H11N3O2/c1-13(4-5-14)7-2-3-8-9(6-7)12-10(15)11-8/h2-3,5-6H,4H2,1H3,(H2,11,12,15). The Hall–Kier alpha value is -2.04. The fourth-order valence-electron chi connectivity index (χ4n) is 1.48. The number of fused-ring (bicyclic) bond motifs is 1. The number of hydrogen-bond donors (Lipinski definition) is 2. The molecule has 1 aromatic carbocycles. The van der Waals surface area contributed by atoms with Crippen molar-refractivity contribution in [3.8, 4) is 0 Å². The number of H-pyrrole nitrogens is 2. The normalized spacial score (nSPS) is 10.5. The minimum absolute atomic E-state index is 0.222. The molecule has 0 atom stereocenters. The van der Waals surface area contributed by atoms with E-state index in [0.29, 0.717) is 6.54 Å². The highest BCUT2D eigenvalue weighted by Crippen LogP contribution is 2.17. The van der Waals surface area contributed by atoms with Crippen LogP contribution in [0.2, 0.25) is 0 Å². The first-order chi connectivity index (χ1) is 7.20. The number of imidazole rings is 1. The summed E-state index contributed by atoms with van der Waals surface area (Å²) in [5.41, 5.74) is 2.18. The maximum absolute atomic E-state index is 11.0. The molecule has 0 aliphatic heterocycles. The number of benzene rings is 1. The molecule has 5 nitrogen and oxygen atoms in total. The van der Waals surface area contributed by atoms with E-state index in [1.807, 2.05) is 25.2 Å². The lowest BCUT2D eigenvalue weighted by Gasteiger charge is -2.15. The van der Waals surface area contributed by atoms with Gasteiger partial charge in [0, 0.05) is 12.7 Å². The molecule has 1 aromatic heterocycles. The number of aldehydes is 1. The summed E-state index contributed by atoms with van der Waals surface area (Å²) in [6.45, 7) is 0.333. The number of aromatic amines is 2. The van der Waals surface area contributed by atoms with E-state index in [4.69, 9.17) is 0 Å². The van der Waals surface area contributed by atoms with Crippen LogP contribution in [-0.4, -0.2) is 29.8 Å². The van der Waals surface area contributed by atoms with Crippen molar-refractivity contribution < 1.29 is 4.79 Å². The van der Waals surface area contributed by atoms with Crippen LogP contribution in [0.15, 0.2) is 23.0 Å². The SMILES string of the molecule is CN(CC=O)c1ccc2[nH]c(=O)[nH]c2c1. The number of likely N-dealkylation sites (N-methyl/N-ethyl adjacent to an activating group) is 1. The molecule has 0 aliphatic carbocycles. The lowest BCUT2D eigenvalue weighted by Crippen LogP contribution is -2.18. The zero-order chi connectivity index (χ0) is 10.8. The van der Waals surface area contributed by atoms with Crippen molar-refractivity contribution in [1.82, 2.24) is 9.97 Å². The molecule has 0 saturated carbocycles. The van der Waals surface area contributed by atoms with E-state index in [2.05, 4.69) is 9.97 Å². The van der Waals surface area contributed by atoms with Gasteiger partial charge in [0.1, 0.15) is 6.29 Å². The first kappa shape index (κ1) is 9.51. The summed E-state index contributed by atoms with van der Waals surface area (Å²) in [4.78, 5) is 28.5. The average molecular weight is 205 g/mol. The summed E-state index contributed by atoms with van der Waals surface area (Å²) in [5.74, 6) is 0. The number of aromatic nitrogens is 2. The smallest absolute Gasteiger partial charge is 0.323 e. The number of carbonyl (C=O) groups excluding carboxylic acids is 1. The Bertz CT molecular complexity index is 541. The first-order valence-electron chi connectivity index (χ1n) is 4.57. The minimum Gasteiger partial charge on any atom is -0.368 e.